The van der Waals surface area contributed by atoms with Crippen LogP contribution in [-0.4, -0.2) is 17.8 Å². The molecule has 0 aliphatic heterocycles. The summed E-state index contributed by atoms with van der Waals surface area (Å²) in [7, 11) is 0. The quantitative estimate of drug-likeness (QED) is 0.761. The van der Waals surface area contributed by atoms with E-state index in [1.54, 1.807) is 25.1 Å². The number of hydrogen-bond acceptors (Lipinski definition) is 5. The lowest BCUT2D eigenvalue weighted by Crippen LogP contribution is -2.13. The first kappa shape index (κ1) is 14.9. The molecule has 0 radical (unpaired) electrons. The Hall–Kier alpha value is -2.47. The molecule has 3 N–H and O–H groups in total. The van der Waals surface area contributed by atoms with Crippen LogP contribution in [-0.2, 0) is 17.9 Å². The molecule has 21 heavy (non-hydrogen) atoms. The molecule has 0 aliphatic rings. The number of nitrogens with one attached hydrogen (secondary N) is 2. The van der Waals surface area contributed by atoms with Crippen molar-refractivity contribution in [3.05, 3.63) is 47.9 Å². The van der Waals surface area contributed by atoms with Gasteiger partial charge in [-0.2, -0.15) is 0 Å². The average molecular weight is 290 g/mol. The van der Waals surface area contributed by atoms with E-state index in [0.29, 0.717) is 24.6 Å². The van der Waals surface area contributed by atoms with Crippen LogP contribution in [0.15, 0.2) is 40.8 Å². The van der Waals surface area contributed by atoms with Crippen molar-refractivity contribution in [2.75, 3.05) is 17.2 Å². The van der Waals surface area contributed by atoms with E-state index in [9.17, 15) is 4.79 Å². The summed E-state index contributed by atoms with van der Waals surface area (Å²) in [5.41, 5.74) is 1.56. The van der Waals surface area contributed by atoms with Crippen molar-refractivity contribution < 1.29 is 19.1 Å². The Morgan fingerprint density at radius 3 is 2.43 bits per heavy atom. The monoisotopic (exact) mass is 290 g/mol. The average Bonchev–Trinajstić information content (AvgIpc) is 2.95. The standard InChI is InChI=1S/C15H18N2O4/c1-2-20-15(19)17-12-5-3-11(4-6-12)16-9-13-7-8-14(10-18)21-13/h3-8,16,18H,2,9-10H2,1H3,(H,17,19). The van der Waals surface area contributed by atoms with Crippen LogP contribution in [0.5, 0.6) is 0 Å². The summed E-state index contributed by atoms with van der Waals surface area (Å²) in [5, 5.41) is 14.7. The number of rotatable bonds is 6. The first-order chi connectivity index (χ1) is 10.2. The van der Waals surface area contributed by atoms with Gasteiger partial charge in [0.2, 0.25) is 0 Å². The van der Waals surface area contributed by atoms with E-state index in [1.807, 2.05) is 18.2 Å². The number of aliphatic hydroxyl groups excluding tert-OH is 1. The van der Waals surface area contributed by atoms with Gasteiger partial charge in [-0.3, -0.25) is 5.32 Å². The third-order valence-electron chi connectivity index (χ3n) is 2.75. The van der Waals surface area contributed by atoms with Crippen LogP contribution >= 0.6 is 0 Å². The minimum absolute atomic E-state index is 0.103. The molecular formula is C15H18N2O4. The predicted molar refractivity (Wildman–Crippen MR) is 79.0 cm³/mol. The molecule has 0 aliphatic carbocycles. The molecule has 6 heteroatoms. The van der Waals surface area contributed by atoms with E-state index in [4.69, 9.17) is 14.3 Å². The zero-order valence-corrected chi connectivity index (χ0v) is 11.8. The summed E-state index contributed by atoms with van der Waals surface area (Å²) in [5.74, 6) is 1.29. The number of ether oxygens (including phenoxy) is 1. The Kier molecular flexibility index (Phi) is 5.22. The molecule has 1 aromatic carbocycles. The van der Waals surface area contributed by atoms with E-state index in [1.165, 1.54) is 0 Å². The van der Waals surface area contributed by atoms with Gasteiger partial charge in [-0.15, -0.1) is 0 Å². The molecule has 0 unspecified atom stereocenters. The Morgan fingerprint density at radius 2 is 1.81 bits per heavy atom. The van der Waals surface area contributed by atoms with E-state index in [-0.39, 0.29) is 6.61 Å². The normalized spacial score (nSPS) is 10.2. The van der Waals surface area contributed by atoms with Gasteiger partial charge in [-0.25, -0.2) is 4.79 Å². The summed E-state index contributed by atoms with van der Waals surface area (Å²) in [6.45, 7) is 2.51. The number of benzene rings is 1. The second kappa shape index (κ2) is 7.35. The third kappa shape index (κ3) is 4.54. The molecule has 0 saturated heterocycles. The van der Waals surface area contributed by atoms with Crippen molar-refractivity contribution >= 4 is 17.5 Å². The van der Waals surface area contributed by atoms with Crippen molar-refractivity contribution in [2.45, 2.75) is 20.1 Å². The lowest BCUT2D eigenvalue weighted by molar-refractivity contribution is 0.168. The van der Waals surface area contributed by atoms with Gasteiger partial charge in [0.1, 0.15) is 18.1 Å². The molecule has 0 bridgehead atoms. The van der Waals surface area contributed by atoms with Gasteiger partial charge in [0.25, 0.3) is 0 Å². The Morgan fingerprint density at radius 1 is 1.14 bits per heavy atom. The fraction of sp³-hybridized carbons (Fsp3) is 0.267. The Labute approximate surface area is 122 Å². The van der Waals surface area contributed by atoms with Crippen molar-refractivity contribution in [1.29, 1.82) is 0 Å². The maximum atomic E-state index is 11.3. The maximum absolute atomic E-state index is 11.3. The predicted octanol–water partition coefficient (Wildman–Crippen LogP) is 2.95. The van der Waals surface area contributed by atoms with Crippen LogP contribution in [0.2, 0.25) is 0 Å². The Bertz CT molecular complexity index is 578. The van der Waals surface area contributed by atoms with Crippen LogP contribution in [0.3, 0.4) is 0 Å². The van der Waals surface area contributed by atoms with Gasteiger partial charge < -0.3 is 19.6 Å². The molecule has 0 fully saturated rings. The topological polar surface area (TPSA) is 83.7 Å². The van der Waals surface area contributed by atoms with Crippen molar-refractivity contribution in [1.82, 2.24) is 0 Å². The highest BCUT2D eigenvalue weighted by molar-refractivity contribution is 5.84. The molecule has 1 heterocycles. The van der Waals surface area contributed by atoms with Gasteiger partial charge in [0.15, 0.2) is 0 Å². The number of amides is 1. The van der Waals surface area contributed by atoms with Gasteiger partial charge in [0.05, 0.1) is 13.2 Å². The highest BCUT2D eigenvalue weighted by Crippen LogP contribution is 2.15. The molecule has 0 saturated carbocycles. The highest BCUT2D eigenvalue weighted by atomic mass is 16.5. The van der Waals surface area contributed by atoms with Crippen LogP contribution < -0.4 is 10.6 Å². The number of anilines is 2. The third-order valence-corrected chi connectivity index (χ3v) is 2.75. The fourth-order valence-corrected chi connectivity index (χ4v) is 1.75. The van der Waals surface area contributed by atoms with Crippen molar-refractivity contribution in [2.24, 2.45) is 0 Å². The molecular weight excluding hydrogens is 272 g/mol. The largest absolute Gasteiger partial charge is 0.462 e. The second-order valence-corrected chi connectivity index (χ2v) is 4.30. The minimum atomic E-state index is -0.467. The number of aliphatic hydroxyl groups is 1. The second-order valence-electron chi connectivity index (χ2n) is 4.30. The lowest BCUT2D eigenvalue weighted by Gasteiger charge is -2.07. The van der Waals surface area contributed by atoms with Gasteiger partial charge in [0, 0.05) is 11.4 Å². The minimum Gasteiger partial charge on any atom is -0.462 e. The molecule has 2 aromatic rings. The zero-order chi connectivity index (χ0) is 15.1. The lowest BCUT2D eigenvalue weighted by atomic mass is 10.2. The first-order valence-corrected chi connectivity index (χ1v) is 6.67. The zero-order valence-electron chi connectivity index (χ0n) is 11.8. The summed E-state index contributed by atoms with van der Waals surface area (Å²) >= 11 is 0. The van der Waals surface area contributed by atoms with E-state index < -0.39 is 6.09 Å². The molecule has 1 amide bonds. The van der Waals surface area contributed by atoms with Crippen LogP contribution in [0.4, 0.5) is 16.2 Å². The van der Waals surface area contributed by atoms with Crippen molar-refractivity contribution in [3.8, 4) is 0 Å². The maximum Gasteiger partial charge on any atom is 0.411 e. The number of furan rings is 1. The fourth-order valence-electron chi connectivity index (χ4n) is 1.75. The number of carbonyl (C=O) groups excluding carboxylic acids is 1. The Balaban J connectivity index is 1.85. The molecule has 6 nitrogen and oxygen atoms in total. The van der Waals surface area contributed by atoms with Gasteiger partial charge in [-0.05, 0) is 43.3 Å². The first-order valence-electron chi connectivity index (χ1n) is 6.67. The summed E-state index contributed by atoms with van der Waals surface area (Å²) in [6.07, 6.45) is -0.467. The van der Waals surface area contributed by atoms with Gasteiger partial charge >= 0.3 is 6.09 Å². The number of hydrogen-bond donors (Lipinski definition) is 3. The molecule has 112 valence electrons. The van der Waals surface area contributed by atoms with Crippen LogP contribution in [0, 0.1) is 0 Å². The molecule has 1 aromatic heterocycles. The SMILES string of the molecule is CCOC(=O)Nc1ccc(NCc2ccc(CO)o2)cc1. The summed E-state index contributed by atoms with van der Waals surface area (Å²) in [4.78, 5) is 11.3. The van der Waals surface area contributed by atoms with E-state index in [2.05, 4.69) is 10.6 Å². The van der Waals surface area contributed by atoms with Crippen LogP contribution in [0.25, 0.3) is 0 Å². The van der Waals surface area contributed by atoms with Gasteiger partial charge in [-0.1, -0.05) is 0 Å². The summed E-state index contributed by atoms with van der Waals surface area (Å²) in [6, 6.07) is 10.8. The number of carbonyl (C=O) groups is 1. The molecule has 2 rings (SSSR count). The smallest absolute Gasteiger partial charge is 0.411 e. The highest BCUT2D eigenvalue weighted by Gasteiger charge is 2.03. The summed E-state index contributed by atoms with van der Waals surface area (Å²) < 4.78 is 10.2. The van der Waals surface area contributed by atoms with Crippen LogP contribution in [0.1, 0.15) is 18.4 Å². The van der Waals surface area contributed by atoms with E-state index in [0.717, 1.165) is 11.4 Å². The van der Waals surface area contributed by atoms with E-state index >= 15 is 0 Å². The van der Waals surface area contributed by atoms with Crippen molar-refractivity contribution in [3.63, 3.8) is 0 Å². The molecule has 0 spiro atoms. The molecule has 0 atom stereocenters.